The van der Waals surface area contributed by atoms with Crippen LogP contribution >= 0.6 is 35.6 Å². The average Bonchev–Trinajstić information content (AvgIpc) is 2.88. The number of hydrogen-bond acceptors (Lipinski definition) is 5. The summed E-state index contributed by atoms with van der Waals surface area (Å²) in [5.41, 5.74) is 1.43. The van der Waals surface area contributed by atoms with Gasteiger partial charge in [-0.2, -0.15) is 0 Å². The molecule has 0 radical (unpaired) electrons. The lowest BCUT2D eigenvalue weighted by atomic mass is 10.1. The van der Waals surface area contributed by atoms with Gasteiger partial charge >= 0.3 is 0 Å². The van der Waals surface area contributed by atoms with Crippen LogP contribution in [0.15, 0.2) is 47.4 Å². The molecular formula is C18H14ClNO3S2. The molecule has 0 N–H and O–H groups in total. The third kappa shape index (κ3) is 3.66. The zero-order valence-corrected chi connectivity index (χ0v) is 15.9. The Bertz CT molecular complexity index is 882. The number of ether oxygens (including phenoxy) is 2. The molecular weight excluding hydrogens is 378 g/mol. The van der Waals surface area contributed by atoms with Gasteiger partial charge in [-0.25, -0.2) is 0 Å². The molecule has 0 unspecified atom stereocenters. The minimum atomic E-state index is -0.185. The van der Waals surface area contributed by atoms with Crippen LogP contribution in [0.25, 0.3) is 6.08 Å². The van der Waals surface area contributed by atoms with Crippen LogP contribution in [0.5, 0.6) is 11.5 Å². The summed E-state index contributed by atoms with van der Waals surface area (Å²) in [6.45, 7) is 0. The smallest absolute Gasteiger partial charge is 0.270 e. The molecule has 1 saturated heterocycles. The molecule has 2 aromatic rings. The Hall–Kier alpha value is -2.02. The van der Waals surface area contributed by atoms with Crippen LogP contribution in [0.2, 0.25) is 5.02 Å². The van der Waals surface area contributed by atoms with Gasteiger partial charge in [-0.1, -0.05) is 41.6 Å². The van der Waals surface area contributed by atoms with Crippen LogP contribution in [0.1, 0.15) is 5.56 Å². The van der Waals surface area contributed by atoms with Crippen molar-refractivity contribution in [1.82, 2.24) is 0 Å². The van der Waals surface area contributed by atoms with E-state index in [1.54, 1.807) is 50.6 Å². The van der Waals surface area contributed by atoms with Crippen molar-refractivity contribution < 1.29 is 14.3 Å². The number of benzene rings is 2. The Balaban J connectivity index is 1.96. The summed E-state index contributed by atoms with van der Waals surface area (Å²) >= 11 is 12.6. The predicted octanol–water partition coefficient (Wildman–Crippen LogP) is 4.76. The predicted molar refractivity (Wildman–Crippen MR) is 107 cm³/mol. The van der Waals surface area contributed by atoms with Gasteiger partial charge in [0, 0.05) is 16.7 Å². The minimum Gasteiger partial charge on any atom is -0.497 e. The van der Waals surface area contributed by atoms with Gasteiger partial charge in [-0.3, -0.25) is 9.69 Å². The monoisotopic (exact) mass is 391 g/mol. The fourth-order valence-electron chi connectivity index (χ4n) is 2.38. The lowest BCUT2D eigenvalue weighted by molar-refractivity contribution is -0.113. The Morgan fingerprint density at radius 3 is 2.64 bits per heavy atom. The Morgan fingerprint density at radius 2 is 1.96 bits per heavy atom. The van der Waals surface area contributed by atoms with Crippen LogP contribution in [-0.4, -0.2) is 24.4 Å². The number of carbonyl (C=O) groups excluding carboxylic acids is 1. The van der Waals surface area contributed by atoms with E-state index in [2.05, 4.69) is 0 Å². The summed E-state index contributed by atoms with van der Waals surface area (Å²) in [5.74, 6) is 1.11. The highest BCUT2D eigenvalue weighted by Crippen LogP contribution is 2.38. The number of anilines is 1. The lowest BCUT2D eigenvalue weighted by Crippen LogP contribution is -2.27. The zero-order chi connectivity index (χ0) is 18.0. The standard InChI is InChI=1S/C18H14ClNO3S2/c1-22-14-7-6-11(15(10-14)23-2)8-16-17(21)20(18(24)25-16)13-5-3-4-12(19)9-13/h3-10H,1-2H3/b16-8+. The highest BCUT2D eigenvalue weighted by Gasteiger charge is 2.33. The van der Waals surface area contributed by atoms with Crippen LogP contribution in [0.4, 0.5) is 5.69 Å². The van der Waals surface area contributed by atoms with E-state index in [9.17, 15) is 4.79 Å². The number of nitrogens with zero attached hydrogens (tertiary/aromatic N) is 1. The van der Waals surface area contributed by atoms with Crippen LogP contribution in [-0.2, 0) is 4.79 Å². The Morgan fingerprint density at radius 1 is 1.16 bits per heavy atom. The van der Waals surface area contributed by atoms with Crippen molar-refractivity contribution in [3.05, 3.63) is 58.0 Å². The van der Waals surface area contributed by atoms with E-state index in [0.29, 0.717) is 31.4 Å². The van der Waals surface area contributed by atoms with E-state index in [0.717, 1.165) is 5.56 Å². The molecule has 3 rings (SSSR count). The molecule has 0 aromatic heterocycles. The summed E-state index contributed by atoms with van der Waals surface area (Å²) in [7, 11) is 3.16. The van der Waals surface area contributed by atoms with Crippen molar-refractivity contribution in [2.75, 3.05) is 19.1 Å². The number of amides is 1. The zero-order valence-electron chi connectivity index (χ0n) is 13.5. The van der Waals surface area contributed by atoms with E-state index in [-0.39, 0.29) is 5.91 Å². The quantitative estimate of drug-likeness (QED) is 0.554. The summed E-state index contributed by atoms with van der Waals surface area (Å²) in [6, 6.07) is 12.5. The molecule has 0 atom stereocenters. The molecule has 1 aliphatic heterocycles. The summed E-state index contributed by atoms with van der Waals surface area (Å²) in [5, 5.41) is 0.548. The third-order valence-electron chi connectivity index (χ3n) is 3.59. The molecule has 7 heteroatoms. The molecule has 1 heterocycles. The second kappa shape index (κ2) is 7.47. The fourth-order valence-corrected chi connectivity index (χ4v) is 3.86. The summed E-state index contributed by atoms with van der Waals surface area (Å²) in [6.07, 6.45) is 1.77. The van der Waals surface area contributed by atoms with E-state index >= 15 is 0 Å². The van der Waals surface area contributed by atoms with Crippen LogP contribution in [0, 0.1) is 0 Å². The van der Waals surface area contributed by atoms with E-state index in [1.165, 1.54) is 16.7 Å². The molecule has 4 nitrogen and oxygen atoms in total. The number of thiocarbonyl (C=S) groups is 1. The van der Waals surface area contributed by atoms with Crippen molar-refractivity contribution in [3.8, 4) is 11.5 Å². The normalized spacial score (nSPS) is 15.8. The SMILES string of the molecule is COc1ccc(/C=C2/SC(=S)N(c3cccc(Cl)c3)C2=O)c(OC)c1. The molecule has 0 bridgehead atoms. The number of methoxy groups -OCH3 is 2. The maximum atomic E-state index is 12.8. The molecule has 0 saturated carbocycles. The maximum Gasteiger partial charge on any atom is 0.270 e. The first-order valence-electron chi connectivity index (χ1n) is 7.29. The maximum absolute atomic E-state index is 12.8. The number of thioether (sulfide) groups is 1. The molecule has 1 fully saturated rings. The number of carbonyl (C=O) groups is 1. The van der Waals surface area contributed by atoms with E-state index < -0.39 is 0 Å². The van der Waals surface area contributed by atoms with E-state index in [4.69, 9.17) is 33.3 Å². The largest absolute Gasteiger partial charge is 0.497 e. The molecule has 0 aliphatic carbocycles. The van der Waals surface area contributed by atoms with Gasteiger partial charge in [0.15, 0.2) is 4.32 Å². The topological polar surface area (TPSA) is 38.8 Å². The first kappa shape index (κ1) is 17.8. The van der Waals surface area contributed by atoms with E-state index in [1.807, 2.05) is 12.1 Å². The van der Waals surface area contributed by atoms with Crippen molar-refractivity contribution in [1.29, 1.82) is 0 Å². The highest BCUT2D eigenvalue weighted by atomic mass is 35.5. The first-order chi connectivity index (χ1) is 12.0. The second-order valence-electron chi connectivity index (χ2n) is 5.10. The van der Waals surface area contributed by atoms with Crippen molar-refractivity contribution >= 4 is 57.6 Å². The molecule has 2 aromatic carbocycles. The first-order valence-corrected chi connectivity index (χ1v) is 8.89. The van der Waals surface area contributed by atoms with Gasteiger partial charge in [0.25, 0.3) is 5.91 Å². The van der Waals surface area contributed by atoms with Gasteiger partial charge in [-0.05, 0) is 36.4 Å². The number of rotatable bonds is 4. The Kier molecular flexibility index (Phi) is 5.32. The van der Waals surface area contributed by atoms with Gasteiger partial charge < -0.3 is 9.47 Å². The lowest BCUT2D eigenvalue weighted by Gasteiger charge is -2.14. The van der Waals surface area contributed by atoms with Gasteiger partial charge in [-0.15, -0.1) is 0 Å². The summed E-state index contributed by atoms with van der Waals surface area (Å²) in [4.78, 5) is 14.8. The van der Waals surface area contributed by atoms with Crippen molar-refractivity contribution in [2.24, 2.45) is 0 Å². The molecule has 1 amide bonds. The number of halogens is 1. The molecule has 25 heavy (non-hydrogen) atoms. The van der Waals surface area contributed by atoms with Crippen molar-refractivity contribution in [2.45, 2.75) is 0 Å². The fraction of sp³-hybridized carbons (Fsp3) is 0.111. The van der Waals surface area contributed by atoms with Crippen LogP contribution in [0.3, 0.4) is 0 Å². The second-order valence-corrected chi connectivity index (χ2v) is 7.22. The van der Waals surface area contributed by atoms with Crippen molar-refractivity contribution in [3.63, 3.8) is 0 Å². The van der Waals surface area contributed by atoms with Gasteiger partial charge in [0.05, 0.1) is 24.8 Å². The third-order valence-corrected chi connectivity index (χ3v) is 5.12. The Labute approximate surface area is 160 Å². The average molecular weight is 392 g/mol. The summed E-state index contributed by atoms with van der Waals surface area (Å²) < 4.78 is 11.0. The molecule has 0 spiro atoms. The molecule has 128 valence electrons. The van der Waals surface area contributed by atoms with Gasteiger partial charge in [0.2, 0.25) is 0 Å². The number of hydrogen-bond donors (Lipinski definition) is 0. The van der Waals surface area contributed by atoms with Gasteiger partial charge in [0.1, 0.15) is 11.5 Å². The minimum absolute atomic E-state index is 0.185. The highest BCUT2D eigenvalue weighted by molar-refractivity contribution is 8.27. The molecule has 1 aliphatic rings. The van der Waals surface area contributed by atoms with Crippen LogP contribution < -0.4 is 14.4 Å².